The number of fused-ring (bicyclic) bond motifs is 1. The highest BCUT2D eigenvalue weighted by Gasteiger charge is 2.26. The van der Waals surface area contributed by atoms with E-state index < -0.39 is 0 Å². The maximum atomic E-state index is 12.2. The summed E-state index contributed by atoms with van der Waals surface area (Å²) in [6.45, 7) is 4.15. The van der Waals surface area contributed by atoms with Crippen molar-refractivity contribution >= 4 is 5.91 Å². The largest absolute Gasteiger partial charge is 0.349 e. The predicted octanol–water partition coefficient (Wildman–Crippen LogP) is 2.35. The molecule has 0 saturated heterocycles. The quantitative estimate of drug-likeness (QED) is 0.890. The molecule has 0 radical (unpaired) electrons. The fourth-order valence-corrected chi connectivity index (χ4v) is 2.81. The minimum absolute atomic E-state index is 0.145. The Bertz CT molecular complexity index is 421. The molecule has 0 fully saturated rings. The lowest BCUT2D eigenvalue weighted by molar-refractivity contribution is -0.126. The summed E-state index contributed by atoms with van der Waals surface area (Å²) in [5, 5.41) is 7.50. The van der Waals surface area contributed by atoms with E-state index >= 15 is 0 Å². The number of amides is 1. The topological polar surface area (TPSA) is 46.9 Å². The van der Waals surface area contributed by atoms with Gasteiger partial charge >= 0.3 is 0 Å². The summed E-state index contributed by atoms with van der Waals surface area (Å²) >= 11 is 0. The van der Waals surface area contributed by atoms with Crippen molar-refractivity contribution in [3.8, 4) is 0 Å². The summed E-state index contributed by atoms with van der Waals surface area (Å²) < 4.78 is 1.94. The van der Waals surface area contributed by atoms with E-state index in [9.17, 15) is 4.79 Å². The first-order valence-corrected chi connectivity index (χ1v) is 6.98. The molecule has 0 aromatic carbocycles. The van der Waals surface area contributed by atoms with E-state index in [0.717, 1.165) is 32.1 Å². The van der Waals surface area contributed by atoms with Gasteiger partial charge in [0.15, 0.2) is 0 Å². The molecule has 100 valence electrons. The number of hydrogen-bond donors (Lipinski definition) is 1. The molecule has 1 aromatic heterocycles. The molecule has 18 heavy (non-hydrogen) atoms. The molecule has 0 saturated carbocycles. The molecule has 4 nitrogen and oxygen atoms in total. The van der Waals surface area contributed by atoms with Crippen molar-refractivity contribution in [1.29, 1.82) is 0 Å². The number of carbonyl (C=O) groups is 1. The number of carbonyl (C=O) groups excluding carboxylic acids is 1. The molecule has 4 heteroatoms. The molecule has 1 aliphatic carbocycles. The molecule has 1 amide bonds. The number of nitrogens with one attached hydrogen (secondary N) is 1. The number of aromatic nitrogens is 2. The van der Waals surface area contributed by atoms with E-state index in [2.05, 4.69) is 24.3 Å². The first kappa shape index (κ1) is 13.1. The molecular weight excluding hydrogens is 226 g/mol. The Morgan fingerprint density at radius 1 is 1.56 bits per heavy atom. The van der Waals surface area contributed by atoms with Crippen molar-refractivity contribution in [3.63, 3.8) is 0 Å². The maximum Gasteiger partial charge on any atom is 0.223 e. The molecule has 1 unspecified atom stereocenters. The second-order valence-corrected chi connectivity index (χ2v) is 5.14. The van der Waals surface area contributed by atoms with Crippen LogP contribution in [-0.2, 0) is 18.3 Å². The molecule has 0 bridgehead atoms. The van der Waals surface area contributed by atoms with Crippen LogP contribution in [0.3, 0.4) is 0 Å². The Balaban J connectivity index is 2.09. The highest BCUT2D eigenvalue weighted by atomic mass is 16.1. The van der Waals surface area contributed by atoms with E-state index in [-0.39, 0.29) is 17.9 Å². The number of nitrogens with zero attached hydrogens (tertiary/aromatic N) is 2. The monoisotopic (exact) mass is 249 g/mol. The molecule has 1 heterocycles. The molecule has 1 aromatic rings. The third kappa shape index (κ3) is 2.42. The molecule has 1 aliphatic rings. The van der Waals surface area contributed by atoms with Gasteiger partial charge in [-0.3, -0.25) is 9.48 Å². The van der Waals surface area contributed by atoms with Crippen molar-refractivity contribution in [1.82, 2.24) is 15.1 Å². The average Bonchev–Trinajstić information content (AvgIpc) is 2.74. The van der Waals surface area contributed by atoms with E-state index in [1.807, 2.05) is 17.9 Å². The summed E-state index contributed by atoms with van der Waals surface area (Å²) in [6.07, 6.45) is 6.96. The molecular formula is C14H23N3O. The fraction of sp³-hybridized carbons (Fsp3) is 0.714. The van der Waals surface area contributed by atoms with Gasteiger partial charge in [-0.1, -0.05) is 13.8 Å². The van der Waals surface area contributed by atoms with E-state index in [4.69, 9.17) is 0 Å². The van der Waals surface area contributed by atoms with Gasteiger partial charge in [0.05, 0.1) is 12.2 Å². The smallest absolute Gasteiger partial charge is 0.223 e. The van der Waals surface area contributed by atoms with Crippen LogP contribution >= 0.6 is 0 Å². The van der Waals surface area contributed by atoms with Gasteiger partial charge in [-0.05, 0) is 32.1 Å². The summed E-state index contributed by atoms with van der Waals surface area (Å²) in [5.41, 5.74) is 2.49. The summed E-state index contributed by atoms with van der Waals surface area (Å²) in [7, 11) is 1.98. The van der Waals surface area contributed by atoms with Crippen molar-refractivity contribution < 1.29 is 4.79 Å². The fourth-order valence-electron chi connectivity index (χ4n) is 2.81. The van der Waals surface area contributed by atoms with Gasteiger partial charge in [-0.2, -0.15) is 5.10 Å². The number of hydrogen-bond acceptors (Lipinski definition) is 2. The SMILES string of the molecule is CCC(CC)C(=O)NC1CCCc2c1cnn2C. The Hall–Kier alpha value is -1.32. The molecule has 0 aliphatic heterocycles. The van der Waals surface area contributed by atoms with Crippen LogP contribution in [0.2, 0.25) is 0 Å². The second-order valence-electron chi connectivity index (χ2n) is 5.14. The predicted molar refractivity (Wildman–Crippen MR) is 71.1 cm³/mol. The van der Waals surface area contributed by atoms with Gasteiger partial charge in [0.2, 0.25) is 5.91 Å². The van der Waals surface area contributed by atoms with E-state index in [0.29, 0.717) is 0 Å². The zero-order chi connectivity index (χ0) is 13.1. The average molecular weight is 249 g/mol. The molecule has 1 N–H and O–H groups in total. The highest BCUT2D eigenvalue weighted by Crippen LogP contribution is 2.29. The lowest BCUT2D eigenvalue weighted by atomic mass is 9.92. The van der Waals surface area contributed by atoms with E-state index in [1.54, 1.807) is 0 Å². The van der Waals surface area contributed by atoms with Gasteiger partial charge in [0.1, 0.15) is 0 Å². The lowest BCUT2D eigenvalue weighted by Gasteiger charge is -2.25. The van der Waals surface area contributed by atoms with Gasteiger partial charge < -0.3 is 5.32 Å². The lowest BCUT2D eigenvalue weighted by Crippen LogP contribution is -2.35. The van der Waals surface area contributed by atoms with Crippen molar-refractivity contribution in [2.24, 2.45) is 13.0 Å². The summed E-state index contributed by atoms with van der Waals surface area (Å²) in [6, 6.07) is 0.163. The van der Waals surface area contributed by atoms with Gasteiger partial charge in [-0.15, -0.1) is 0 Å². The first-order valence-electron chi connectivity index (χ1n) is 6.98. The van der Waals surface area contributed by atoms with Crippen molar-refractivity contribution in [2.45, 2.75) is 52.0 Å². The van der Waals surface area contributed by atoms with Crippen molar-refractivity contribution in [3.05, 3.63) is 17.5 Å². The Labute approximate surface area is 109 Å². The van der Waals surface area contributed by atoms with Crippen LogP contribution in [0, 0.1) is 5.92 Å². The van der Waals surface area contributed by atoms with Gasteiger partial charge in [0, 0.05) is 24.2 Å². The van der Waals surface area contributed by atoms with Crippen LogP contribution < -0.4 is 5.32 Å². The standard InChI is InChI=1S/C14H23N3O/c1-4-10(5-2)14(18)16-12-7-6-8-13-11(12)9-15-17(13)3/h9-10,12H,4-8H2,1-3H3,(H,16,18). The first-order chi connectivity index (χ1) is 8.67. The van der Waals surface area contributed by atoms with Crippen LogP contribution in [0.1, 0.15) is 56.8 Å². The normalized spacial score (nSPS) is 18.8. The minimum Gasteiger partial charge on any atom is -0.349 e. The minimum atomic E-state index is 0.145. The van der Waals surface area contributed by atoms with Crippen LogP contribution in [0.4, 0.5) is 0 Å². The van der Waals surface area contributed by atoms with Crippen LogP contribution in [0.25, 0.3) is 0 Å². The Kier molecular flexibility index (Phi) is 4.04. The third-order valence-corrected chi connectivity index (χ3v) is 4.05. The zero-order valence-corrected chi connectivity index (χ0v) is 11.6. The molecule has 0 spiro atoms. The number of aryl methyl sites for hydroxylation is 1. The Morgan fingerprint density at radius 2 is 2.28 bits per heavy atom. The van der Waals surface area contributed by atoms with E-state index in [1.165, 1.54) is 11.3 Å². The van der Waals surface area contributed by atoms with Crippen LogP contribution in [0.5, 0.6) is 0 Å². The van der Waals surface area contributed by atoms with Gasteiger partial charge in [0.25, 0.3) is 0 Å². The highest BCUT2D eigenvalue weighted by molar-refractivity contribution is 5.79. The summed E-state index contributed by atoms with van der Waals surface area (Å²) in [4.78, 5) is 12.2. The maximum absolute atomic E-state index is 12.2. The summed E-state index contributed by atoms with van der Waals surface area (Å²) in [5.74, 6) is 0.341. The number of rotatable bonds is 4. The second kappa shape index (κ2) is 5.55. The third-order valence-electron chi connectivity index (χ3n) is 4.05. The van der Waals surface area contributed by atoms with Gasteiger partial charge in [-0.25, -0.2) is 0 Å². The molecule has 2 rings (SSSR count). The van der Waals surface area contributed by atoms with Crippen LogP contribution in [-0.4, -0.2) is 15.7 Å². The molecule has 1 atom stereocenters. The van der Waals surface area contributed by atoms with Crippen molar-refractivity contribution in [2.75, 3.05) is 0 Å². The van der Waals surface area contributed by atoms with Crippen LogP contribution in [0.15, 0.2) is 6.20 Å². The Morgan fingerprint density at radius 3 is 2.94 bits per heavy atom. The zero-order valence-electron chi connectivity index (χ0n) is 11.6.